The number of rotatable bonds is 1. The molecule has 2 aromatic rings. The summed E-state index contributed by atoms with van der Waals surface area (Å²) in [5.74, 6) is -0.406. The molecule has 0 bridgehead atoms. The molecule has 0 radical (unpaired) electrons. The average molecular weight is 445 g/mol. The van der Waals surface area contributed by atoms with Crippen LogP contribution in [0.4, 0.5) is 14.9 Å². The molecule has 2 heterocycles. The van der Waals surface area contributed by atoms with Gasteiger partial charge in [-0.05, 0) is 38.5 Å². The molecule has 3 rings (SSSR count). The van der Waals surface area contributed by atoms with Gasteiger partial charge in [-0.25, -0.2) is 19.2 Å². The second-order valence-corrected chi connectivity index (χ2v) is 8.06. The minimum Gasteiger partial charge on any atom is -0.373 e. The largest absolute Gasteiger partial charge is 0.373 e. The van der Waals surface area contributed by atoms with Crippen molar-refractivity contribution in [3.8, 4) is 11.1 Å². The first-order chi connectivity index (χ1) is 15.1. The van der Waals surface area contributed by atoms with Crippen LogP contribution in [-0.4, -0.2) is 59.0 Å². The van der Waals surface area contributed by atoms with Gasteiger partial charge in [0.1, 0.15) is 17.9 Å². The Kier molecular flexibility index (Phi) is 7.37. The molecule has 1 aliphatic rings. The number of aliphatic hydroxyl groups is 1. The van der Waals surface area contributed by atoms with Gasteiger partial charge in [-0.3, -0.25) is 10.1 Å². The molecule has 1 aromatic carbocycles. The number of amides is 3. The zero-order chi connectivity index (χ0) is 23.4. The van der Waals surface area contributed by atoms with Crippen LogP contribution in [0, 0.1) is 12.7 Å². The summed E-state index contributed by atoms with van der Waals surface area (Å²) < 4.78 is 20.9. The quantitative estimate of drug-likeness (QED) is 0.614. The second kappa shape index (κ2) is 10.0. The standard InChI is InChI=1S/C22H28FN5O4/c1-12-5-20(29)26-22(31)27-21(30)7-15-6-17(16-9-24-14(3)25-10-16)18(23)8-19(15)28(4)11-13(2)32-12/h6,8-10,12-13,21,30H,5,7,11H2,1-4H3,(H2,26,27,29,31). The van der Waals surface area contributed by atoms with Gasteiger partial charge in [0.25, 0.3) is 0 Å². The fraction of sp³-hybridized carbons (Fsp3) is 0.455. The summed E-state index contributed by atoms with van der Waals surface area (Å²) in [6.07, 6.45) is 1.05. The molecule has 1 aliphatic heterocycles. The van der Waals surface area contributed by atoms with Gasteiger partial charge in [0.15, 0.2) is 0 Å². The first-order valence-corrected chi connectivity index (χ1v) is 10.4. The lowest BCUT2D eigenvalue weighted by Crippen LogP contribution is -2.46. The van der Waals surface area contributed by atoms with Crippen LogP contribution < -0.4 is 15.5 Å². The van der Waals surface area contributed by atoms with Gasteiger partial charge in [-0.1, -0.05) is 0 Å². The summed E-state index contributed by atoms with van der Waals surface area (Å²) in [5, 5.41) is 14.9. The van der Waals surface area contributed by atoms with Gasteiger partial charge < -0.3 is 20.1 Å². The highest BCUT2D eigenvalue weighted by molar-refractivity contribution is 5.94. The molecule has 3 N–H and O–H groups in total. The fourth-order valence-corrected chi connectivity index (χ4v) is 3.74. The monoisotopic (exact) mass is 445 g/mol. The molecular weight excluding hydrogens is 417 g/mol. The number of aliphatic hydroxyl groups excluding tert-OH is 1. The van der Waals surface area contributed by atoms with Crippen molar-refractivity contribution in [1.29, 1.82) is 0 Å². The predicted molar refractivity (Wildman–Crippen MR) is 116 cm³/mol. The number of likely N-dealkylation sites (N-methyl/N-ethyl adjacent to an activating group) is 1. The maximum Gasteiger partial charge on any atom is 0.323 e. The number of imide groups is 1. The van der Waals surface area contributed by atoms with Crippen LogP contribution in [0.1, 0.15) is 31.7 Å². The molecule has 3 amide bonds. The Balaban J connectivity index is 2.00. The smallest absolute Gasteiger partial charge is 0.323 e. The number of anilines is 1. The number of carbonyl (C=O) groups is 2. The first-order valence-electron chi connectivity index (χ1n) is 10.4. The van der Waals surface area contributed by atoms with Crippen molar-refractivity contribution in [1.82, 2.24) is 20.6 Å². The van der Waals surface area contributed by atoms with E-state index in [4.69, 9.17) is 4.74 Å². The summed E-state index contributed by atoms with van der Waals surface area (Å²) in [7, 11) is 1.79. The van der Waals surface area contributed by atoms with E-state index in [0.29, 0.717) is 29.2 Å². The summed E-state index contributed by atoms with van der Waals surface area (Å²) in [6, 6.07) is 2.19. The van der Waals surface area contributed by atoms with Crippen molar-refractivity contribution in [2.75, 3.05) is 18.5 Å². The predicted octanol–water partition coefficient (Wildman–Crippen LogP) is 1.91. The Labute approximate surface area is 186 Å². The molecular formula is C22H28FN5O4. The maximum absolute atomic E-state index is 15.1. The van der Waals surface area contributed by atoms with E-state index in [1.54, 1.807) is 27.0 Å². The van der Waals surface area contributed by atoms with Gasteiger partial charge >= 0.3 is 6.03 Å². The number of hydrogen-bond acceptors (Lipinski definition) is 7. The van der Waals surface area contributed by atoms with E-state index in [9.17, 15) is 14.7 Å². The van der Waals surface area contributed by atoms with Crippen molar-refractivity contribution in [3.63, 3.8) is 0 Å². The number of urea groups is 1. The molecule has 9 nitrogen and oxygen atoms in total. The van der Waals surface area contributed by atoms with Gasteiger partial charge in [0.2, 0.25) is 5.91 Å². The molecule has 3 unspecified atom stereocenters. The highest BCUT2D eigenvalue weighted by atomic mass is 19.1. The number of nitrogens with one attached hydrogen (secondary N) is 2. The number of halogens is 1. The van der Waals surface area contributed by atoms with Crippen LogP contribution >= 0.6 is 0 Å². The SMILES string of the molecule is Cc1ncc(-c2cc3c(cc2F)N(C)CC(C)OC(C)CC(=O)NC(=O)NC(O)C3)cn1. The first kappa shape index (κ1) is 23.6. The molecule has 0 aliphatic carbocycles. The van der Waals surface area contributed by atoms with Crippen LogP contribution in [0.15, 0.2) is 24.5 Å². The minimum absolute atomic E-state index is 0.00702. The fourth-order valence-electron chi connectivity index (χ4n) is 3.74. The van der Waals surface area contributed by atoms with Crippen LogP contribution in [0.5, 0.6) is 0 Å². The van der Waals surface area contributed by atoms with Crippen molar-refractivity contribution >= 4 is 17.6 Å². The lowest BCUT2D eigenvalue weighted by Gasteiger charge is -2.29. The zero-order valence-corrected chi connectivity index (χ0v) is 18.6. The van der Waals surface area contributed by atoms with Crippen LogP contribution in [0.3, 0.4) is 0 Å². The van der Waals surface area contributed by atoms with E-state index in [0.717, 1.165) is 0 Å². The number of aryl methyl sites for hydroxylation is 1. The third kappa shape index (κ3) is 5.98. The Morgan fingerprint density at radius 2 is 1.84 bits per heavy atom. The number of carbonyl (C=O) groups excluding carboxylic acids is 2. The third-order valence-electron chi connectivity index (χ3n) is 5.10. The molecule has 0 saturated heterocycles. The summed E-state index contributed by atoms with van der Waals surface area (Å²) in [5.41, 5.74) is 1.93. The Morgan fingerprint density at radius 1 is 1.16 bits per heavy atom. The van der Waals surface area contributed by atoms with Gasteiger partial charge in [-0.2, -0.15) is 0 Å². The Morgan fingerprint density at radius 3 is 2.53 bits per heavy atom. The van der Waals surface area contributed by atoms with Crippen LogP contribution in [0.25, 0.3) is 11.1 Å². The molecule has 172 valence electrons. The normalized spacial score (nSPS) is 23.1. The van der Waals surface area contributed by atoms with E-state index < -0.39 is 30.1 Å². The molecule has 32 heavy (non-hydrogen) atoms. The third-order valence-corrected chi connectivity index (χ3v) is 5.10. The molecule has 0 spiro atoms. The molecule has 0 fully saturated rings. The summed E-state index contributed by atoms with van der Waals surface area (Å²) in [4.78, 5) is 34.2. The number of benzene rings is 1. The molecule has 10 heteroatoms. The topological polar surface area (TPSA) is 117 Å². The Hall–Kier alpha value is -3.11. The molecule has 0 saturated carbocycles. The van der Waals surface area contributed by atoms with E-state index in [1.165, 1.54) is 18.5 Å². The van der Waals surface area contributed by atoms with Gasteiger partial charge in [0.05, 0.1) is 18.6 Å². The molecule has 1 aromatic heterocycles. The minimum atomic E-state index is -1.29. The number of nitrogens with zero attached hydrogens (tertiary/aromatic N) is 3. The van der Waals surface area contributed by atoms with Crippen LogP contribution in [0.2, 0.25) is 0 Å². The summed E-state index contributed by atoms with van der Waals surface area (Å²) >= 11 is 0. The molecule has 3 atom stereocenters. The van der Waals surface area contributed by atoms with E-state index in [2.05, 4.69) is 20.6 Å². The van der Waals surface area contributed by atoms with Crippen molar-refractivity contribution in [2.24, 2.45) is 0 Å². The van der Waals surface area contributed by atoms with Crippen molar-refractivity contribution in [3.05, 3.63) is 41.7 Å². The highest BCUT2D eigenvalue weighted by Crippen LogP contribution is 2.31. The maximum atomic E-state index is 15.1. The van der Waals surface area contributed by atoms with Crippen LogP contribution in [-0.2, 0) is 16.0 Å². The number of fused-ring (bicyclic) bond motifs is 1. The lowest BCUT2D eigenvalue weighted by molar-refractivity contribution is -0.123. The van der Waals surface area contributed by atoms with Crippen molar-refractivity contribution in [2.45, 2.75) is 52.0 Å². The lowest BCUT2D eigenvalue weighted by atomic mass is 9.99. The van der Waals surface area contributed by atoms with E-state index in [1.807, 2.05) is 11.8 Å². The number of hydrogen-bond donors (Lipinski definition) is 3. The highest BCUT2D eigenvalue weighted by Gasteiger charge is 2.22. The number of aromatic nitrogens is 2. The van der Waals surface area contributed by atoms with Crippen molar-refractivity contribution < 1.29 is 23.8 Å². The second-order valence-electron chi connectivity index (χ2n) is 8.06. The Bertz CT molecular complexity index is 985. The zero-order valence-electron chi connectivity index (χ0n) is 18.6. The van der Waals surface area contributed by atoms with E-state index in [-0.39, 0.29) is 24.5 Å². The van der Waals surface area contributed by atoms with E-state index >= 15 is 4.39 Å². The van der Waals surface area contributed by atoms with Gasteiger partial charge in [-0.15, -0.1) is 0 Å². The summed E-state index contributed by atoms with van der Waals surface area (Å²) in [6.45, 7) is 5.75. The average Bonchev–Trinajstić information content (AvgIpc) is 2.68. The van der Waals surface area contributed by atoms with Gasteiger partial charge in [0, 0.05) is 49.2 Å². The number of ether oxygens (including phenoxy) is 1.